The fourth-order valence-corrected chi connectivity index (χ4v) is 3.90. The number of benzene rings is 1. The lowest BCUT2D eigenvalue weighted by Gasteiger charge is -2.20. The number of ether oxygens (including phenoxy) is 1. The zero-order valence-corrected chi connectivity index (χ0v) is 15.1. The Hall–Kier alpha value is -2.01. The van der Waals surface area contributed by atoms with Crippen molar-refractivity contribution >= 4 is 16.8 Å². The van der Waals surface area contributed by atoms with Crippen LogP contribution >= 0.6 is 0 Å². The molecule has 2 aromatic rings. The van der Waals surface area contributed by atoms with E-state index in [9.17, 15) is 4.79 Å². The van der Waals surface area contributed by atoms with Gasteiger partial charge in [-0.1, -0.05) is 0 Å². The summed E-state index contributed by atoms with van der Waals surface area (Å²) in [6, 6.07) is 8.59. The molecule has 1 amide bonds. The molecule has 0 bridgehead atoms. The summed E-state index contributed by atoms with van der Waals surface area (Å²) >= 11 is 0. The van der Waals surface area contributed by atoms with Crippen LogP contribution in [0.15, 0.2) is 24.3 Å². The summed E-state index contributed by atoms with van der Waals surface area (Å²) in [6.45, 7) is 8.29. The Morgan fingerprint density at radius 3 is 2.72 bits per heavy atom. The number of likely N-dealkylation sites (tertiary alicyclic amines) is 2. The van der Waals surface area contributed by atoms with Crippen molar-refractivity contribution in [3.63, 3.8) is 0 Å². The normalized spacial score (nSPS) is 21.6. The molecule has 134 valence electrons. The first kappa shape index (κ1) is 16.5. The van der Waals surface area contributed by atoms with E-state index >= 15 is 0 Å². The average molecular weight is 341 g/mol. The second-order valence-electron chi connectivity index (χ2n) is 7.55. The van der Waals surface area contributed by atoms with Crippen molar-refractivity contribution in [2.24, 2.45) is 0 Å². The number of aromatic nitrogens is 1. The topological polar surface area (TPSA) is 48.6 Å². The fourth-order valence-electron chi connectivity index (χ4n) is 3.90. The van der Waals surface area contributed by atoms with Gasteiger partial charge in [0.25, 0.3) is 5.91 Å². The Balaban J connectivity index is 1.48. The van der Waals surface area contributed by atoms with Gasteiger partial charge in [-0.2, -0.15) is 0 Å². The SMILES string of the molecule is CC(C)N1CCC(Oc2ccc3[nH]c(C(=O)N4CCCC4)cc3c2)C1. The lowest BCUT2D eigenvalue weighted by Crippen LogP contribution is -2.30. The molecule has 2 aliphatic rings. The molecule has 1 atom stereocenters. The third-order valence-electron chi connectivity index (χ3n) is 5.43. The maximum absolute atomic E-state index is 12.5. The highest BCUT2D eigenvalue weighted by molar-refractivity contribution is 5.98. The molecule has 25 heavy (non-hydrogen) atoms. The quantitative estimate of drug-likeness (QED) is 0.928. The van der Waals surface area contributed by atoms with E-state index in [-0.39, 0.29) is 12.0 Å². The lowest BCUT2D eigenvalue weighted by molar-refractivity contribution is 0.0788. The molecular formula is C20H27N3O2. The van der Waals surface area contributed by atoms with Crippen LogP contribution in [0.4, 0.5) is 0 Å². The molecule has 0 saturated carbocycles. The molecule has 2 fully saturated rings. The summed E-state index contributed by atoms with van der Waals surface area (Å²) in [5.41, 5.74) is 1.67. The second-order valence-corrected chi connectivity index (χ2v) is 7.55. The fraction of sp³-hybridized carbons (Fsp3) is 0.550. The van der Waals surface area contributed by atoms with Crippen molar-refractivity contribution in [2.45, 2.75) is 45.3 Å². The molecule has 1 N–H and O–H groups in total. The van der Waals surface area contributed by atoms with Crippen LogP contribution in [-0.2, 0) is 0 Å². The third-order valence-corrected chi connectivity index (χ3v) is 5.43. The minimum atomic E-state index is 0.111. The predicted octanol–water partition coefficient (Wildman–Crippen LogP) is 3.27. The summed E-state index contributed by atoms with van der Waals surface area (Å²) in [5, 5.41) is 1.04. The van der Waals surface area contributed by atoms with Crippen molar-refractivity contribution < 1.29 is 9.53 Å². The molecule has 0 spiro atoms. The Bertz CT molecular complexity index is 761. The zero-order valence-electron chi connectivity index (χ0n) is 15.1. The molecule has 1 aromatic carbocycles. The van der Waals surface area contributed by atoms with Crippen LogP contribution in [-0.4, -0.2) is 59.0 Å². The second kappa shape index (κ2) is 6.71. The molecule has 0 aliphatic carbocycles. The largest absolute Gasteiger partial charge is 0.489 e. The predicted molar refractivity (Wildman–Crippen MR) is 99.2 cm³/mol. The van der Waals surface area contributed by atoms with Gasteiger partial charge in [0.2, 0.25) is 0 Å². The Kier molecular flexibility index (Phi) is 4.42. The van der Waals surface area contributed by atoms with Crippen LogP contribution in [0.5, 0.6) is 5.75 Å². The molecule has 1 aromatic heterocycles. The number of carbonyl (C=O) groups is 1. The maximum atomic E-state index is 12.5. The van der Waals surface area contributed by atoms with E-state index in [1.54, 1.807) is 0 Å². The maximum Gasteiger partial charge on any atom is 0.270 e. The van der Waals surface area contributed by atoms with Gasteiger partial charge in [-0.15, -0.1) is 0 Å². The molecule has 2 aliphatic heterocycles. The number of nitrogens with one attached hydrogen (secondary N) is 1. The number of fused-ring (bicyclic) bond motifs is 1. The van der Waals surface area contributed by atoms with Gasteiger partial charge >= 0.3 is 0 Å². The highest BCUT2D eigenvalue weighted by Gasteiger charge is 2.26. The van der Waals surface area contributed by atoms with Gasteiger partial charge in [-0.3, -0.25) is 9.69 Å². The summed E-state index contributed by atoms with van der Waals surface area (Å²) in [6.07, 6.45) is 3.55. The van der Waals surface area contributed by atoms with Gasteiger partial charge in [0.1, 0.15) is 17.5 Å². The summed E-state index contributed by atoms with van der Waals surface area (Å²) in [4.78, 5) is 20.2. The minimum absolute atomic E-state index is 0.111. The molecule has 3 heterocycles. The first-order valence-electron chi connectivity index (χ1n) is 9.43. The molecule has 5 nitrogen and oxygen atoms in total. The van der Waals surface area contributed by atoms with E-state index in [0.29, 0.717) is 11.7 Å². The van der Waals surface area contributed by atoms with Gasteiger partial charge in [0.15, 0.2) is 0 Å². The van der Waals surface area contributed by atoms with Crippen LogP contribution in [0, 0.1) is 0 Å². The number of rotatable bonds is 4. The van der Waals surface area contributed by atoms with Crippen LogP contribution in [0.3, 0.4) is 0 Å². The van der Waals surface area contributed by atoms with Crippen molar-refractivity contribution in [1.82, 2.24) is 14.8 Å². The molecule has 0 radical (unpaired) electrons. The number of aromatic amines is 1. The first-order chi connectivity index (χ1) is 12.1. The zero-order chi connectivity index (χ0) is 17.4. The van der Waals surface area contributed by atoms with E-state index in [1.165, 1.54) is 0 Å². The van der Waals surface area contributed by atoms with Gasteiger partial charge in [0.05, 0.1) is 0 Å². The molecule has 2 saturated heterocycles. The Morgan fingerprint density at radius 2 is 2.00 bits per heavy atom. The molecule has 1 unspecified atom stereocenters. The number of carbonyl (C=O) groups excluding carboxylic acids is 1. The Morgan fingerprint density at radius 1 is 1.20 bits per heavy atom. The molecule has 5 heteroatoms. The van der Waals surface area contributed by atoms with Gasteiger partial charge in [0, 0.05) is 43.1 Å². The summed E-state index contributed by atoms with van der Waals surface area (Å²) < 4.78 is 6.18. The standard InChI is InChI=1S/C20H27N3O2/c1-14(2)23-10-7-17(13-23)25-16-5-6-18-15(11-16)12-19(21-18)20(24)22-8-3-4-9-22/h5-6,11-12,14,17,21H,3-4,7-10,13H2,1-2H3. The number of hydrogen-bond acceptors (Lipinski definition) is 3. The van der Waals surface area contributed by atoms with E-state index in [1.807, 2.05) is 29.2 Å². The van der Waals surface area contributed by atoms with Crippen molar-refractivity contribution in [3.8, 4) is 5.75 Å². The van der Waals surface area contributed by atoms with Crippen LogP contribution in [0.1, 0.15) is 43.6 Å². The van der Waals surface area contributed by atoms with E-state index < -0.39 is 0 Å². The Labute approximate surface area is 148 Å². The first-order valence-corrected chi connectivity index (χ1v) is 9.43. The van der Waals surface area contributed by atoms with Crippen LogP contribution < -0.4 is 4.74 Å². The van der Waals surface area contributed by atoms with Gasteiger partial charge in [-0.05, 0) is 57.4 Å². The van der Waals surface area contributed by atoms with Gasteiger partial charge < -0.3 is 14.6 Å². The smallest absolute Gasteiger partial charge is 0.270 e. The minimum Gasteiger partial charge on any atom is -0.489 e. The molecule has 4 rings (SSSR count). The molecular weight excluding hydrogens is 314 g/mol. The van der Waals surface area contributed by atoms with Crippen molar-refractivity contribution in [3.05, 3.63) is 30.0 Å². The van der Waals surface area contributed by atoms with E-state index in [4.69, 9.17) is 4.74 Å². The monoisotopic (exact) mass is 341 g/mol. The number of H-pyrrole nitrogens is 1. The van der Waals surface area contributed by atoms with Gasteiger partial charge in [-0.25, -0.2) is 0 Å². The third kappa shape index (κ3) is 3.38. The lowest BCUT2D eigenvalue weighted by atomic mass is 10.2. The summed E-state index contributed by atoms with van der Waals surface area (Å²) in [7, 11) is 0. The van der Waals surface area contributed by atoms with Crippen molar-refractivity contribution in [2.75, 3.05) is 26.2 Å². The number of nitrogens with zero attached hydrogens (tertiary/aromatic N) is 2. The number of hydrogen-bond donors (Lipinski definition) is 1. The number of amides is 1. The van der Waals surface area contributed by atoms with Crippen molar-refractivity contribution in [1.29, 1.82) is 0 Å². The van der Waals surface area contributed by atoms with E-state index in [2.05, 4.69) is 23.7 Å². The highest BCUT2D eigenvalue weighted by atomic mass is 16.5. The average Bonchev–Trinajstić information content (AvgIpc) is 3.34. The highest BCUT2D eigenvalue weighted by Crippen LogP contribution is 2.25. The van der Waals surface area contributed by atoms with E-state index in [0.717, 1.165) is 62.1 Å². The van der Waals surface area contributed by atoms with Crippen LogP contribution in [0.2, 0.25) is 0 Å². The van der Waals surface area contributed by atoms with Crippen LogP contribution in [0.25, 0.3) is 10.9 Å². The summed E-state index contributed by atoms with van der Waals surface area (Å²) in [5.74, 6) is 1.00.